The molecule has 0 fully saturated rings. The van der Waals surface area contributed by atoms with Crippen molar-refractivity contribution in [1.29, 1.82) is 0 Å². The average Bonchev–Trinajstić information content (AvgIpc) is 3.38. The first-order chi connectivity index (χ1) is 15.9. The van der Waals surface area contributed by atoms with Gasteiger partial charge in [0.1, 0.15) is 0 Å². The first kappa shape index (κ1) is 17.6. The second kappa shape index (κ2) is 6.74. The molecule has 0 saturated carbocycles. The highest BCUT2D eigenvalue weighted by Crippen LogP contribution is 2.40. The Morgan fingerprint density at radius 1 is 0.625 bits per heavy atom. The summed E-state index contributed by atoms with van der Waals surface area (Å²) in [5.41, 5.74) is 6.58. The first-order valence-corrected chi connectivity index (χ1v) is 11.4. The minimum absolute atomic E-state index is 1.01. The standard InChI is InChI=1S/C28H17N3S/c1-2-7-18(8-3-1)19-13-25-28(30-16-19)23-14-22-21-10-4-5-11-26(21)32-27(22)15-24(23)31(25)20-9-6-12-29-17-20/h1-17H. The molecule has 0 spiro atoms. The number of fused-ring (bicyclic) bond motifs is 6. The Morgan fingerprint density at radius 3 is 2.38 bits per heavy atom. The fourth-order valence-electron chi connectivity index (χ4n) is 4.65. The van der Waals surface area contributed by atoms with E-state index in [1.807, 2.05) is 42.1 Å². The van der Waals surface area contributed by atoms with Crippen molar-refractivity contribution in [3.63, 3.8) is 0 Å². The molecule has 7 aromatic rings. The van der Waals surface area contributed by atoms with Crippen LogP contribution in [0.1, 0.15) is 0 Å². The van der Waals surface area contributed by atoms with Crippen molar-refractivity contribution in [2.24, 2.45) is 0 Å². The number of thiophene rings is 1. The zero-order valence-electron chi connectivity index (χ0n) is 17.1. The highest BCUT2D eigenvalue weighted by atomic mass is 32.1. The summed E-state index contributed by atoms with van der Waals surface area (Å²) < 4.78 is 4.89. The van der Waals surface area contributed by atoms with Gasteiger partial charge in [0, 0.05) is 43.5 Å². The van der Waals surface area contributed by atoms with Gasteiger partial charge in [0.2, 0.25) is 0 Å². The summed E-state index contributed by atoms with van der Waals surface area (Å²) in [6, 6.07) is 30.0. The van der Waals surface area contributed by atoms with E-state index in [4.69, 9.17) is 4.98 Å². The van der Waals surface area contributed by atoms with Crippen LogP contribution in [-0.4, -0.2) is 14.5 Å². The quantitative estimate of drug-likeness (QED) is 0.284. The molecule has 4 heterocycles. The second-order valence-electron chi connectivity index (χ2n) is 7.97. The van der Waals surface area contributed by atoms with E-state index >= 15 is 0 Å². The van der Waals surface area contributed by atoms with E-state index in [1.165, 1.54) is 25.6 Å². The molecular formula is C28H17N3S. The van der Waals surface area contributed by atoms with E-state index < -0.39 is 0 Å². The Labute approximate surface area is 188 Å². The van der Waals surface area contributed by atoms with Crippen LogP contribution in [0.4, 0.5) is 0 Å². The van der Waals surface area contributed by atoms with Crippen LogP contribution in [0, 0.1) is 0 Å². The van der Waals surface area contributed by atoms with Crippen LogP contribution < -0.4 is 0 Å². The van der Waals surface area contributed by atoms with Gasteiger partial charge in [-0.05, 0) is 42.0 Å². The third-order valence-corrected chi connectivity index (χ3v) is 7.24. The summed E-state index contributed by atoms with van der Waals surface area (Å²) >= 11 is 1.84. The Kier molecular flexibility index (Phi) is 3.72. The van der Waals surface area contributed by atoms with Gasteiger partial charge in [-0.2, -0.15) is 0 Å². The lowest BCUT2D eigenvalue weighted by atomic mass is 10.1. The summed E-state index contributed by atoms with van der Waals surface area (Å²) in [5, 5.41) is 3.76. The van der Waals surface area contributed by atoms with Gasteiger partial charge in [-0.1, -0.05) is 48.5 Å². The number of hydrogen-bond acceptors (Lipinski definition) is 3. The van der Waals surface area contributed by atoms with Gasteiger partial charge in [0.05, 0.1) is 28.4 Å². The molecule has 0 saturated heterocycles. The molecule has 32 heavy (non-hydrogen) atoms. The van der Waals surface area contributed by atoms with Gasteiger partial charge in [0.15, 0.2) is 0 Å². The first-order valence-electron chi connectivity index (χ1n) is 10.6. The molecule has 0 N–H and O–H groups in total. The fourth-order valence-corrected chi connectivity index (χ4v) is 5.77. The Morgan fingerprint density at radius 2 is 1.50 bits per heavy atom. The van der Waals surface area contributed by atoms with Crippen molar-refractivity contribution in [2.75, 3.05) is 0 Å². The predicted molar refractivity (Wildman–Crippen MR) is 135 cm³/mol. The van der Waals surface area contributed by atoms with Crippen LogP contribution >= 0.6 is 11.3 Å². The summed E-state index contributed by atoms with van der Waals surface area (Å²) in [6.45, 7) is 0. The van der Waals surface area contributed by atoms with Crippen LogP contribution in [0.5, 0.6) is 0 Å². The van der Waals surface area contributed by atoms with Gasteiger partial charge in [-0.15, -0.1) is 11.3 Å². The molecule has 0 unspecified atom stereocenters. The van der Waals surface area contributed by atoms with Crippen molar-refractivity contribution in [2.45, 2.75) is 0 Å². The number of aromatic nitrogens is 3. The molecule has 3 aromatic carbocycles. The topological polar surface area (TPSA) is 30.7 Å². The summed E-state index contributed by atoms with van der Waals surface area (Å²) in [5.74, 6) is 0. The zero-order chi connectivity index (χ0) is 21.1. The van der Waals surface area contributed by atoms with Gasteiger partial charge >= 0.3 is 0 Å². The molecule has 0 aliphatic heterocycles. The summed E-state index contributed by atoms with van der Waals surface area (Å²) in [7, 11) is 0. The van der Waals surface area contributed by atoms with Crippen molar-refractivity contribution in [3.05, 3.63) is 104 Å². The Hall–Kier alpha value is -4.02. The van der Waals surface area contributed by atoms with Gasteiger partial charge in [-0.25, -0.2) is 0 Å². The predicted octanol–water partition coefficient (Wildman–Crippen LogP) is 7.61. The molecule has 0 atom stereocenters. The molecule has 3 nitrogen and oxygen atoms in total. The molecule has 4 aromatic heterocycles. The van der Waals surface area contributed by atoms with Gasteiger partial charge in [-0.3, -0.25) is 9.97 Å². The van der Waals surface area contributed by atoms with Crippen molar-refractivity contribution in [1.82, 2.24) is 14.5 Å². The molecule has 0 radical (unpaired) electrons. The van der Waals surface area contributed by atoms with Gasteiger partial charge in [0.25, 0.3) is 0 Å². The Balaban J connectivity index is 1.63. The number of rotatable bonds is 2. The zero-order valence-corrected chi connectivity index (χ0v) is 17.9. The minimum Gasteiger partial charge on any atom is -0.306 e. The van der Waals surface area contributed by atoms with E-state index in [0.29, 0.717) is 0 Å². The molecule has 0 aliphatic rings. The maximum absolute atomic E-state index is 4.97. The molecule has 0 bridgehead atoms. The fraction of sp³-hybridized carbons (Fsp3) is 0. The van der Waals surface area contributed by atoms with Crippen LogP contribution in [0.2, 0.25) is 0 Å². The van der Waals surface area contributed by atoms with E-state index in [-0.39, 0.29) is 0 Å². The molecule has 0 aliphatic carbocycles. The lowest BCUT2D eigenvalue weighted by molar-refractivity contribution is 1.14. The monoisotopic (exact) mass is 427 g/mol. The lowest BCUT2D eigenvalue weighted by Gasteiger charge is -2.08. The van der Waals surface area contributed by atoms with E-state index in [1.54, 1.807) is 0 Å². The second-order valence-corrected chi connectivity index (χ2v) is 9.05. The van der Waals surface area contributed by atoms with E-state index in [2.05, 4.69) is 82.3 Å². The van der Waals surface area contributed by atoms with Crippen LogP contribution in [-0.2, 0) is 0 Å². The van der Waals surface area contributed by atoms with E-state index in [0.717, 1.165) is 33.4 Å². The number of benzene rings is 3. The summed E-state index contributed by atoms with van der Waals surface area (Å²) in [6.07, 6.45) is 5.72. The molecule has 4 heteroatoms. The third-order valence-electron chi connectivity index (χ3n) is 6.11. The average molecular weight is 428 g/mol. The molecular weight excluding hydrogens is 410 g/mol. The van der Waals surface area contributed by atoms with Crippen LogP contribution in [0.3, 0.4) is 0 Å². The third kappa shape index (κ3) is 2.53. The van der Waals surface area contributed by atoms with Crippen LogP contribution in [0.25, 0.3) is 58.9 Å². The maximum Gasteiger partial charge on any atom is 0.0964 e. The van der Waals surface area contributed by atoms with E-state index in [9.17, 15) is 0 Å². The molecule has 150 valence electrons. The lowest BCUT2D eigenvalue weighted by Crippen LogP contribution is -1.94. The smallest absolute Gasteiger partial charge is 0.0964 e. The Bertz CT molecular complexity index is 1760. The normalized spacial score (nSPS) is 11.8. The maximum atomic E-state index is 4.97. The SMILES string of the molecule is c1ccc(-c2cnc3c4cc5c(cc4n(-c4cccnc4)c3c2)sc2ccccc25)cc1. The van der Waals surface area contributed by atoms with Gasteiger partial charge < -0.3 is 4.57 Å². The van der Waals surface area contributed by atoms with Crippen molar-refractivity contribution < 1.29 is 0 Å². The number of nitrogens with zero attached hydrogens (tertiary/aromatic N) is 3. The van der Waals surface area contributed by atoms with Crippen LogP contribution in [0.15, 0.2) is 104 Å². The number of pyridine rings is 2. The number of hydrogen-bond donors (Lipinski definition) is 0. The molecule has 7 rings (SSSR count). The highest BCUT2D eigenvalue weighted by Gasteiger charge is 2.17. The summed E-state index contributed by atoms with van der Waals surface area (Å²) in [4.78, 5) is 9.36. The van der Waals surface area contributed by atoms with Crippen molar-refractivity contribution in [3.8, 4) is 16.8 Å². The highest BCUT2D eigenvalue weighted by molar-refractivity contribution is 7.25. The van der Waals surface area contributed by atoms with Crippen molar-refractivity contribution >= 4 is 53.4 Å². The molecule has 0 amide bonds. The minimum atomic E-state index is 1.01. The largest absolute Gasteiger partial charge is 0.306 e.